The van der Waals surface area contributed by atoms with Crippen molar-refractivity contribution in [3.05, 3.63) is 92.8 Å². The van der Waals surface area contributed by atoms with Crippen molar-refractivity contribution in [3.63, 3.8) is 0 Å². The molecule has 3 heterocycles. The first kappa shape index (κ1) is 15.4. The minimum absolute atomic E-state index is 0.224. The maximum Gasteiger partial charge on any atom is 0.347 e. The molecule has 0 spiro atoms. The number of benzene rings is 2. The van der Waals surface area contributed by atoms with Gasteiger partial charge in [-0.2, -0.15) is 0 Å². The van der Waals surface area contributed by atoms with Crippen molar-refractivity contribution in [1.29, 1.82) is 0 Å². The van der Waals surface area contributed by atoms with Crippen LogP contribution in [0.1, 0.15) is 36.8 Å². The fraction of sp³-hybridized carbons (Fsp3) is 0.333. The molecule has 5 heteroatoms. The number of fused-ring (bicyclic) bond motifs is 2. The van der Waals surface area contributed by atoms with Crippen LogP contribution in [0.15, 0.2) is 70.3 Å². The minimum atomic E-state index is -0.435. The summed E-state index contributed by atoms with van der Waals surface area (Å²) in [7, 11) is 1.58. The average Bonchev–Trinajstić information content (AvgIpc) is 2.96. The van der Waals surface area contributed by atoms with Crippen LogP contribution in [0.2, 0.25) is 0 Å². The number of hydrogen-bond acceptors (Lipinski definition) is 2. The first-order valence-corrected chi connectivity index (χ1v) is 9.13. The van der Waals surface area contributed by atoms with Gasteiger partial charge >= 0.3 is 11.4 Å². The maximum atomic E-state index is 13.1. The molecule has 0 radical (unpaired) electrons. The Balaban J connectivity index is 1.87. The largest absolute Gasteiger partial charge is 0.347 e. The van der Waals surface area contributed by atoms with E-state index in [2.05, 4.69) is 24.3 Å². The van der Waals surface area contributed by atoms with E-state index in [1.54, 1.807) is 16.4 Å². The molecule has 0 amide bonds. The topological polar surface area (TPSA) is 48.9 Å². The van der Waals surface area contributed by atoms with Gasteiger partial charge in [-0.05, 0) is 36.8 Å². The standard InChI is InChI=1S/C21H21N3O2/c1-22-18(25)23-20(16-8-4-2-5-9-16)12-14-21(15-13-20,24(23)19(22)26)17-10-6-3-7-11-17/h2-11H,12-15H2,1H3. The van der Waals surface area contributed by atoms with Crippen molar-refractivity contribution in [3.8, 4) is 0 Å². The van der Waals surface area contributed by atoms with E-state index in [0.717, 1.165) is 36.8 Å². The molecular weight excluding hydrogens is 326 g/mol. The molecule has 0 N–H and O–H groups in total. The Morgan fingerprint density at radius 3 is 1.35 bits per heavy atom. The summed E-state index contributed by atoms with van der Waals surface area (Å²) >= 11 is 0. The zero-order valence-corrected chi connectivity index (χ0v) is 14.8. The quantitative estimate of drug-likeness (QED) is 0.715. The molecule has 26 heavy (non-hydrogen) atoms. The molecule has 1 saturated carbocycles. The lowest BCUT2D eigenvalue weighted by molar-refractivity contribution is 0.0227. The van der Waals surface area contributed by atoms with E-state index in [4.69, 9.17) is 0 Å². The van der Waals surface area contributed by atoms with Crippen molar-refractivity contribution < 1.29 is 0 Å². The van der Waals surface area contributed by atoms with Gasteiger partial charge in [0.25, 0.3) is 0 Å². The lowest BCUT2D eigenvalue weighted by Crippen LogP contribution is -2.62. The van der Waals surface area contributed by atoms with Gasteiger partial charge in [-0.3, -0.25) is 0 Å². The second-order valence-electron chi connectivity index (χ2n) is 7.54. The number of nitrogens with zero attached hydrogens (tertiary/aromatic N) is 3. The van der Waals surface area contributed by atoms with Crippen LogP contribution in [-0.2, 0) is 18.1 Å². The van der Waals surface area contributed by atoms with E-state index < -0.39 is 11.1 Å². The van der Waals surface area contributed by atoms with Crippen LogP contribution in [0, 0.1) is 0 Å². The monoisotopic (exact) mass is 347 g/mol. The first-order valence-electron chi connectivity index (χ1n) is 9.13. The molecule has 1 fully saturated rings. The van der Waals surface area contributed by atoms with Gasteiger partial charge in [0, 0.05) is 7.05 Å². The van der Waals surface area contributed by atoms with Crippen molar-refractivity contribution in [2.45, 2.75) is 36.8 Å². The minimum Gasteiger partial charge on any atom is -0.246 e. The highest BCUT2D eigenvalue weighted by Crippen LogP contribution is 2.53. The highest BCUT2D eigenvalue weighted by molar-refractivity contribution is 5.34. The molecule has 2 bridgehead atoms. The van der Waals surface area contributed by atoms with E-state index in [1.807, 2.05) is 36.4 Å². The van der Waals surface area contributed by atoms with E-state index in [-0.39, 0.29) is 11.4 Å². The molecule has 2 aliphatic heterocycles. The third kappa shape index (κ3) is 1.70. The van der Waals surface area contributed by atoms with Crippen molar-refractivity contribution in [2.24, 2.45) is 7.05 Å². The molecule has 6 rings (SSSR count). The predicted octanol–water partition coefficient (Wildman–Crippen LogP) is 2.42. The smallest absolute Gasteiger partial charge is 0.246 e. The van der Waals surface area contributed by atoms with Gasteiger partial charge in [0.1, 0.15) is 0 Å². The highest BCUT2D eigenvalue weighted by atomic mass is 16.2. The third-order valence-corrected chi connectivity index (χ3v) is 6.47. The van der Waals surface area contributed by atoms with Crippen molar-refractivity contribution >= 4 is 0 Å². The predicted molar refractivity (Wildman–Crippen MR) is 99.4 cm³/mol. The fourth-order valence-electron chi connectivity index (χ4n) is 5.11. The van der Waals surface area contributed by atoms with Crippen molar-refractivity contribution in [2.75, 3.05) is 0 Å². The molecule has 1 aromatic heterocycles. The van der Waals surface area contributed by atoms with Crippen LogP contribution in [0.4, 0.5) is 0 Å². The summed E-state index contributed by atoms with van der Waals surface area (Å²) in [5.74, 6) is 0. The summed E-state index contributed by atoms with van der Waals surface area (Å²) in [5, 5.41) is 0. The summed E-state index contributed by atoms with van der Waals surface area (Å²) in [5.41, 5.74) is 0.910. The van der Waals surface area contributed by atoms with Gasteiger partial charge in [-0.25, -0.2) is 23.5 Å². The Kier molecular flexibility index (Phi) is 3.03. The van der Waals surface area contributed by atoms with Crippen LogP contribution in [0.5, 0.6) is 0 Å². The molecule has 3 aromatic rings. The Labute approximate surface area is 151 Å². The zero-order valence-electron chi connectivity index (χ0n) is 14.8. The van der Waals surface area contributed by atoms with Crippen LogP contribution < -0.4 is 11.4 Å². The molecule has 0 unspecified atom stereocenters. The van der Waals surface area contributed by atoms with Crippen molar-refractivity contribution in [1.82, 2.24) is 13.9 Å². The average molecular weight is 347 g/mol. The number of hydrogen-bond donors (Lipinski definition) is 0. The molecule has 1 aliphatic carbocycles. The van der Waals surface area contributed by atoms with Crippen LogP contribution >= 0.6 is 0 Å². The lowest BCUT2D eigenvalue weighted by Gasteiger charge is -2.54. The number of aromatic nitrogens is 3. The van der Waals surface area contributed by atoms with Gasteiger partial charge in [0.05, 0.1) is 11.1 Å². The summed E-state index contributed by atoms with van der Waals surface area (Å²) < 4.78 is 4.77. The van der Waals surface area contributed by atoms with Crippen LogP contribution in [0.25, 0.3) is 0 Å². The highest BCUT2D eigenvalue weighted by Gasteiger charge is 2.56. The Bertz CT molecular complexity index is 995. The Morgan fingerprint density at radius 1 is 0.654 bits per heavy atom. The van der Waals surface area contributed by atoms with E-state index in [1.165, 1.54) is 4.57 Å². The summed E-state index contributed by atoms with van der Waals surface area (Å²) in [6.45, 7) is 0. The number of rotatable bonds is 2. The third-order valence-electron chi connectivity index (χ3n) is 6.47. The van der Waals surface area contributed by atoms with E-state index in [9.17, 15) is 9.59 Å². The molecule has 2 aromatic carbocycles. The Hall–Kier alpha value is -2.82. The van der Waals surface area contributed by atoms with Gasteiger partial charge in [-0.15, -0.1) is 0 Å². The maximum absolute atomic E-state index is 13.1. The second-order valence-corrected chi connectivity index (χ2v) is 7.54. The SMILES string of the molecule is Cn1c(=O)n2n(c1=O)C1(c3ccccc3)CCC2(c2ccccc2)CC1. The molecular formula is C21H21N3O2. The van der Waals surface area contributed by atoms with Gasteiger partial charge in [0.2, 0.25) is 0 Å². The molecule has 0 atom stereocenters. The molecule has 0 saturated heterocycles. The lowest BCUT2D eigenvalue weighted by atomic mass is 9.65. The summed E-state index contributed by atoms with van der Waals surface area (Å²) in [6.07, 6.45) is 3.43. The fourth-order valence-corrected chi connectivity index (χ4v) is 5.11. The zero-order chi connectivity index (χ0) is 17.9. The Morgan fingerprint density at radius 2 is 1.00 bits per heavy atom. The molecule has 3 aliphatic rings. The summed E-state index contributed by atoms with van der Waals surface area (Å²) in [4.78, 5) is 26.2. The van der Waals surface area contributed by atoms with Gasteiger partial charge < -0.3 is 0 Å². The second kappa shape index (κ2) is 5.10. The van der Waals surface area contributed by atoms with Crippen LogP contribution in [0.3, 0.4) is 0 Å². The van der Waals surface area contributed by atoms with E-state index in [0.29, 0.717) is 0 Å². The molecule has 5 nitrogen and oxygen atoms in total. The first-order chi connectivity index (χ1) is 12.6. The normalized spacial score (nSPS) is 26.7. The summed E-state index contributed by atoms with van der Waals surface area (Å²) in [6, 6.07) is 20.3. The van der Waals surface area contributed by atoms with Crippen LogP contribution in [-0.4, -0.2) is 13.9 Å². The van der Waals surface area contributed by atoms with Gasteiger partial charge in [0.15, 0.2) is 0 Å². The molecule has 132 valence electrons. The van der Waals surface area contributed by atoms with E-state index >= 15 is 0 Å². The van der Waals surface area contributed by atoms with Gasteiger partial charge in [-0.1, -0.05) is 60.7 Å².